The molecule has 1 aromatic heterocycles. The maximum absolute atomic E-state index is 13.8. The highest BCUT2D eigenvalue weighted by Gasteiger charge is 2.13. The third-order valence-electron chi connectivity index (χ3n) is 2.94. The predicted octanol–water partition coefficient (Wildman–Crippen LogP) is 2.78. The molecule has 4 nitrogen and oxygen atoms in total. The lowest BCUT2D eigenvalue weighted by molar-refractivity contribution is 0.629. The van der Waals surface area contributed by atoms with Crippen LogP contribution >= 0.6 is 0 Å². The van der Waals surface area contributed by atoms with Gasteiger partial charge in [0.1, 0.15) is 5.82 Å². The molecule has 0 saturated heterocycles. The minimum absolute atomic E-state index is 0.212. The van der Waals surface area contributed by atoms with E-state index in [0.717, 1.165) is 11.4 Å². The van der Waals surface area contributed by atoms with Gasteiger partial charge in [0.25, 0.3) is 0 Å². The van der Waals surface area contributed by atoms with Gasteiger partial charge in [0.05, 0.1) is 23.1 Å². The van der Waals surface area contributed by atoms with E-state index in [1.165, 1.54) is 6.07 Å². The third-order valence-corrected chi connectivity index (χ3v) is 2.94. The van der Waals surface area contributed by atoms with E-state index in [1.807, 2.05) is 13.8 Å². The molecule has 0 fully saturated rings. The van der Waals surface area contributed by atoms with E-state index in [-0.39, 0.29) is 11.7 Å². The molecule has 0 radical (unpaired) electrons. The van der Waals surface area contributed by atoms with Crippen molar-refractivity contribution < 1.29 is 4.39 Å². The van der Waals surface area contributed by atoms with Gasteiger partial charge < -0.3 is 11.1 Å². The fourth-order valence-electron chi connectivity index (χ4n) is 1.95. The Balaban J connectivity index is 2.42. The molecule has 1 heterocycles. The summed E-state index contributed by atoms with van der Waals surface area (Å²) in [7, 11) is 0. The van der Waals surface area contributed by atoms with E-state index in [2.05, 4.69) is 15.3 Å². The number of rotatable bonds is 5. The van der Waals surface area contributed by atoms with Gasteiger partial charge in [0.2, 0.25) is 0 Å². The smallest absolute Gasteiger partial charge is 0.162 e. The van der Waals surface area contributed by atoms with Crippen molar-refractivity contribution in [1.29, 1.82) is 0 Å². The maximum atomic E-state index is 13.8. The van der Waals surface area contributed by atoms with Gasteiger partial charge in [-0.1, -0.05) is 26.0 Å². The minimum Gasteiger partial charge on any atom is -0.381 e. The van der Waals surface area contributed by atoms with Gasteiger partial charge in [-0.25, -0.2) is 14.4 Å². The van der Waals surface area contributed by atoms with Crippen LogP contribution in [0, 0.1) is 5.82 Å². The van der Waals surface area contributed by atoms with Crippen LogP contribution in [0.1, 0.15) is 25.5 Å². The molecular weight excluding hydrogens is 255 g/mol. The van der Waals surface area contributed by atoms with Crippen molar-refractivity contribution in [2.45, 2.75) is 19.8 Å². The number of nitrogens with two attached hydrogens (primary N) is 1. The van der Waals surface area contributed by atoms with Crippen molar-refractivity contribution in [2.75, 3.05) is 18.4 Å². The number of hydrogen-bond donors (Lipinski definition) is 2. The molecule has 20 heavy (non-hydrogen) atoms. The molecule has 0 saturated carbocycles. The van der Waals surface area contributed by atoms with E-state index in [1.54, 1.807) is 24.4 Å². The van der Waals surface area contributed by atoms with Gasteiger partial charge in [-0.3, -0.25) is 0 Å². The lowest BCUT2D eigenvalue weighted by Crippen LogP contribution is -2.15. The van der Waals surface area contributed by atoms with Crippen LogP contribution in [0.4, 0.5) is 10.1 Å². The molecule has 5 heteroatoms. The zero-order valence-corrected chi connectivity index (χ0v) is 11.7. The zero-order valence-electron chi connectivity index (χ0n) is 11.7. The van der Waals surface area contributed by atoms with Crippen LogP contribution in [0.3, 0.4) is 0 Å². The average molecular weight is 274 g/mol. The Morgan fingerprint density at radius 1 is 1.30 bits per heavy atom. The molecule has 1 aromatic carbocycles. The SMILES string of the molecule is CC(C)c1nc(-c2ccccc2F)ncc1NCCN. The fourth-order valence-corrected chi connectivity index (χ4v) is 1.95. The summed E-state index contributed by atoms with van der Waals surface area (Å²) < 4.78 is 13.8. The standard InChI is InChI=1S/C15H19FN4/c1-10(2)14-13(18-8-7-17)9-19-15(20-14)11-5-3-4-6-12(11)16/h3-6,9-10,18H,7-8,17H2,1-2H3. The van der Waals surface area contributed by atoms with Crippen molar-refractivity contribution in [1.82, 2.24) is 9.97 Å². The molecular formula is C15H19FN4. The number of benzene rings is 1. The number of halogens is 1. The second-order valence-corrected chi connectivity index (χ2v) is 4.84. The number of anilines is 1. The van der Waals surface area contributed by atoms with Gasteiger partial charge >= 0.3 is 0 Å². The third kappa shape index (κ3) is 3.11. The Labute approximate surface area is 118 Å². The molecule has 2 aromatic rings. The van der Waals surface area contributed by atoms with Gasteiger partial charge in [-0.15, -0.1) is 0 Å². The van der Waals surface area contributed by atoms with Crippen LogP contribution in [0.5, 0.6) is 0 Å². The summed E-state index contributed by atoms with van der Waals surface area (Å²) in [6, 6.07) is 6.52. The molecule has 0 unspecified atom stereocenters. The lowest BCUT2D eigenvalue weighted by atomic mass is 10.1. The Morgan fingerprint density at radius 2 is 2.05 bits per heavy atom. The monoisotopic (exact) mass is 274 g/mol. The molecule has 0 aliphatic carbocycles. The highest BCUT2D eigenvalue weighted by molar-refractivity contribution is 5.59. The molecule has 0 atom stereocenters. The van der Waals surface area contributed by atoms with Gasteiger partial charge in [0.15, 0.2) is 5.82 Å². The second kappa shape index (κ2) is 6.43. The first-order chi connectivity index (χ1) is 9.63. The minimum atomic E-state index is -0.315. The summed E-state index contributed by atoms with van der Waals surface area (Å²) in [6.45, 7) is 5.27. The zero-order chi connectivity index (χ0) is 14.5. The van der Waals surface area contributed by atoms with Crippen LogP contribution in [-0.2, 0) is 0 Å². The first-order valence-corrected chi connectivity index (χ1v) is 6.69. The number of hydrogen-bond acceptors (Lipinski definition) is 4. The summed E-state index contributed by atoms with van der Waals surface area (Å²) in [6.07, 6.45) is 1.69. The average Bonchev–Trinajstić information content (AvgIpc) is 2.45. The quantitative estimate of drug-likeness (QED) is 0.880. The summed E-state index contributed by atoms with van der Waals surface area (Å²) in [5, 5.41) is 3.19. The van der Waals surface area contributed by atoms with E-state index in [9.17, 15) is 4.39 Å². The first kappa shape index (κ1) is 14.4. The predicted molar refractivity (Wildman–Crippen MR) is 79.1 cm³/mol. The first-order valence-electron chi connectivity index (χ1n) is 6.69. The molecule has 0 aliphatic heterocycles. The van der Waals surface area contributed by atoms with E-state index < -0.39 is 0 Å². The van der Waals surface area contributed by atoms with Gasteiger partial charge in [-0.05, 0) is 18.1 Å². The van der Waals surface area contributed by atoms with Crippen LogP contribution in [0.2, 0.25) is 0 Å². The van der Waals surface area contributed by atoms with Crippen molar-refractivity contribution >= 4 is 5.69 Å². The normalized spacial score (nSPS) is 10.8. The summed E-state index contributed by atoms with van der Waals surface area (Å²) in [5.74, 6) is 0.304. The molecule has 0 bridgehead atoms. The largest absolute Gasteiger partial charge is 0.381 e. The molecule has 3 N–H and O–H groups in total. The van der Waals surface area contributed by atoms with E-state index >= 15 is 0 Å². The molecule has 0 spiro atoms. The topological polar surface area (TPSA) is 63.8 Å². The van der Waals surface area contributed by atoms with Crippen molar-refractivity contribution in [3.05, 3.63) is 42.0 Å². The molecule has 0 aliphatic rings. The van der Waals surface area contributed by atoms with E-state index in [0.29, 0.717) is 24.5 Å². The van der Waals surface area contributed by atoms with Crippen LogP contribution in [-0.4, -0.2) is 23.1 Å². The van der Waals surface area contributed by atoms with Crippen molar-refractivity contribution in [3.8, 4) is 11.4 Å². The second-order valence-electron chi connectivity index (χ2n) is 4.84. The fraction of sp³-hybridized carbons (Fsp3) is 0.333. The lowest BCUT2D eigenvalue weighted by Gasteiger charge is -2.14. The summed E-state index contributed by atoms with van der Waals surface area (Å²) in [5.41, 5.74) is 7.63. The van der Waals surface area contributed by atoms with Crippen molar-refractivity contribution in [2.24, 2.45) is 5.73 Å². The molecule has 2 rings (SSSR count). The Hall–Kier alpha value is -2.01. The summed E-state index contributed by atoms with van der Waals surface area (Å²) >= 11 is 0. The van der Waals surface area contributed by atoms with E-state index in [4.69, 9.17) is 5.73 Å². The van der Waals surface area contributed by atoms with Gasteiger partial charge in [0, 0.05) is 13.1 Å². The van der Waals surface area contributed by atoms with Gasteiger partial charge in [-0.2, -0.15) is 0 Å². The Kier molecular flexibility index (Phi) is 4.63. The number of nitrogens with one attached hydrogen (secondary N) is 1. The molecule has 106 valence electrons. The maximum Gasteiger partial charge on any atom is 0.162 e. The Bertz CT molecular complexity index is 584. The highest BCUT2D eigenvalue weighted by Crippen LogP contribution is 2.25. The number of nitrogens with zero attached hydrogens (tertiary/aromatic N) is 2. The van der Waals surface area contributed by atoms with Crippen LogP contribution in [0.15, 0.2) is 30.5 Å². The molecule has 0 amide bonds. The summed E-state index contributed by atoms with van der Waals surface area (Å²) in [4.78, 5) is 8.75. The van der Waals surface area contributed by atoms with Crippen molar-refractivity contribution in [3.63, 3.8) is 0 Å². The Morgan fingerprint density at radius 3 is 2.70 bits per heavy atom. The number of aromatic nitrogens is 2. The van der Waals surface area contributed by atoms with Crippen LogP contribution < -0.4 is 11.1 Å². The van der Waals surface area contributed by atoms with Crippen LogP contribution in [0.25, 0.3) is 11.4 Å². The highest BCUT2D eigenvalue weighted by atomic mass is 19.1.